The maximum absolute atomic E-state index is 13.1. The molecule has 0 saturated carbocycles. The normalized spacial score (nSPS) is 19.8. The Morgan fingerprint density at radius 2 is 1.89 bits per heavy atom. The highest BCUT2D eigenvalue weighted by atomic mass is 16.5. The number of carbonyl (C=O) groups excluding carboxylic acids is 1. The van der Waals surface area contributed by atoms with E-state index in [0.717, 1.165) is 42.3 Å². The van der Waals surface area contributed by atoms with Crippen molar-refractivity contribution in [1.82, 2.24) is 14.7 Å². The molecule has 0 bridgehead atoms. The number of nitrogens with zero attached hydrogens (tertiary/aromatic N) is 4. The molecule has 1 aromatic carbocycles. The number of nitrogens with one attached hydrogen (secondary N) is 1. The number of anilines is 1. The van der Waals surface area contributed by atoms with Crippen LogP contribution in [0.15, 0.2) is 30.3 Å². The molecule has 0 spiro atoms. The highest BCUT2D eigenvalue weighted by molar-refractivity contribution is 5.95. The molecular weight excluding hydrogens is 354 g/mol. The molecule has 0 aliphatic carbocycles. The fraction of sp³-hybridized carbons (Fsp3) is 0.524. The summed E-state index contributed by atoms with van der Waals surface area (Å²) in [5.41, 5.74) is 2.62. The maximum atomic E-state index is 13.1. The number of benzene rings is 1. The summed E-state index contributed by atoms with van der Waals surface area (Å²) in [6.45, 7) is 12.0. The van der Waals surface area contributed by atoms with Gasteiger partial charge in [0.2, 0.25) is 0 Å². The Morgan fingerprint density at radius 1 is 1.21 bits per heavy atom. The summed E-state index contributed by atoms with van der Waals surface area (Å²) in [6.07, 6.45) is 0. The largest absolute Gasteiger partial charge is 0.633 e. The van der Waals surface area contributed by atoms with Crippen LogP contribution in [-0.2, 0) is 11.3 Å². The molecule has 7 heteroatoms. The lowest BCUT2D eigenvalue weighted by Gasteiger charge is -2.29. The van der Waals surface area contributed by atoms with Crippen molar-refractivity contribution in [3.63, 3.8) is 0 Å². The Balaban J connectivity index is 2.09. The van der Waals surface area contributed by atoms with E-state index < -0.39 is 6.04 Å². The molecule has 2 atom stereocenters. The molecule has 0 fully saturated rings. The number of likely N-dealkylation sites (N-methyl/N-ethyl adjacent to an activating group) is 1. The molecule has 1 aromatic heterocycles. The van der Waals surface area contributed by atoms with Crippen LogP contribution < -0.4 is 9.96 Å². The molecule has 3 rings (SSSR count). The first-order chi connectivity index (χ1) is 13.5. The zero-order valence-electron chi connectivity index (χ0n) is 17.3. The van der Waals surface area contributed by atoms with Gasteiger partial charge in [-0.05, 0) is 26.9 Å². The van der Waals surface area contributed by atoms with Gasteiger partial charge in [0.15, 0.2) is 6.54 Å². The van der Waals surface area contributed by atoms with Gasteiger partial charge in [-0.15, -0.1) is 0 Å². The minimum atomic E-state index is -0.445. The fourth-order valence-electron chi connectivity index (χ4n) is 4.06. The van der Waals surface area contributed by atoms with E-state index in [0.29, 0.717) is 13.1 Å². The van der Waals surface area contributed by atoms with E-state index in [1.165, 1.54) is 0 Å². The van der Waals surface area contributed by atoms with Crippen LogP contribution in [0.1, 0.15) is 43.6 Å². The fourth-order valence-corrected chi connectivity index (χ4v) is 4.06. The summed E-state index contributed by atoms with van der Waals surface area (Å²) in [7, 11) is 0. The highest BCUT2D eigenvalue weighted by Crippen LogP contribution is 2.33. The van der Waals surface area contributed by atoms with Gasteiger partial charge in [-0.1, -0.05) is 44.2 Å². The van der Waals surface area contributed by atoms with Crippen LogP contribution in [0.5, 0.6) is 0 Å². The molecule has 0 saturated heterocycles. The van der Waals surface area contributed by atoms with Gasteiger partial charge in [0, 0.05) is 25.2 Å². The first-order valence-corrected chi connectivity index (χ1v) is 10.2. The van der Waals surface area contributed by atoms with Crippen LogP contribution in [0.2, 0.25) is 0 Å². The van der Waals surface area contributed by atoms with Crippen molar-refractivity contribution in [2.45, 2.75) is 40.3 Å². The third-order valence-electron chi connectivity index (χ3n) is 5.61. The Kier molecular flexibility index (Phi) is 6.49. The lowest BCUT2D eigenvalue weighted by atomic mass is 9.98. The van der Waals surface area contributed by atoms with E-state index in [1.54, 1.807) is 4.90 Å². The van der Waals surface area contributed by atoms with Crippen molar-refractivity contribution in [2.24, 2.45) is 0 Å². The molecule has 2 unspecified atom stereocenters. The first kappa shape index (κ1) is 20.5. The molecule has 152 valence electrons. The zero-order valence-corrected chi connectivity index (χ0v) is 17.3. The average molecular weight is 386 g/mol. The molecule has 1 aliphatic rings. The van der Waals surface area contributed by atoms with Crippen molar-refractivity contribution in [1.29, 1.82) is 0 Å². The standard InChI is InChI=1S/C21H31N5O2/c1-5-23(6-2)13-14-24-18(27)15-26(28)20(17-11-9-8-10-12-17)19-16(4)22-25(7-3)21(19)24/h8-12,20,26H,5-7,13-15H2,1-4H3. The Labute approximate surface area is 167 Å². The molecule has 1 aliphatic heterocycles. The minimum Gasteiger partial charge on any atom is -0.633 e. The monoisotopic (exact) mass is 385 g/mol. The van der Waals surface area contributed by atoms with Gasteiger partial charge >= 0.3 is 0 Å². The van der Waals surface area contributed by atoms with Gasteiger partial charge < -0.3 is 15.2 Å². The number of hydrogen-bond donors (Lipinski definition) is 1. The van der Waals surface area contributed by atoms with E-state index in [4.69, 9.17) is 0 Å². The van der Waals surface area contributed by atoms with Crippen LogP contribution in [0.4, 0.5) is 5.82 Å². The van der Waals surface area contributed by atoms with Crippen molar-refractivity contribution < 1.29 is 9.86 Å². The predicted octanol–water partition coefficient (Wildman–Crippen LogP) is 1.37. The topological polar surface area (TPSA) is 68.9 Å². The van der Waals surface area contributed by atoms with Crippen LogP contribution in [0.3, 0.4) is 0 Å². The van der Waals surface area contributed by atoms with Crippen molar-refractivity contribution >= 4 is 11.7 Å². The average Bonchev–Trinajstić information content (AvgIpc) is 2.96. The number of hydrogen-bond acceptors (Lipinski definition) is 4. The van der Waals surface area contributed by atoms with Gasteiger partial charge in [0.25, 0.3) is 5.91 Å². The van der Waals surface area contributed by atoms with Crippen molar-refractivity contribution in [2.75, 3.05) is 37.6 Å². The van der Waals surface area contributed by atoms with E-state index in [9.17, 15) is 10.0 Å². The molecule has 0 radical (unpaired) electrons. The second-order valence-electron chi connectivity index (χ2n) is 7.20. The third kappa shape index (κ3) is 3.83. The summed E-state index contributed by atoms with van der Waals surface area (Å²) in [6, 6.07) is 9.30. The number of aromatic nitrogens is 2. The summed E-state index contributed by atoms with van der Waals surface area (Å²) in [5.74, 6) is 0.656. The molecule has 1 amide bonds. The van der Waals surface area contributed by atoms with Gasteiger partial charge in [-0.3, -0.25) is 9.69 Å². The second kappa shape index (κ2) is 8.86. The van der Waals surface area contributed by atoms with Gasteiger partial charge in [0.05, 0.1) is 11.3 Å². The Bertz CT molecular complexity index is 801. The van der Waals surface area contributed by atoms with Gasteiger partial charge in [0.1, 0.15) is 11.9 Å². The van der Waals surface area contributed by atoms with Crippen molar-refractivity contribution in [3.8, 4) is 0 Å². The second-order valence-corrected chi connectivity index (χ2v) is 7.20. The number of carbonyl (C=O) groups is 1. The number of aryl methyl sites for hydroxylation is 2. The van der Waals surface area contributed by atoms with E-state index in [-0.39, 0.29) is 17.5 Å². The van der Waals surface area contributed by atoms with E-state index in [1.807, 2.05) is 48.9 Å². The summed E-state index contributed by atoms with van der Waals surface area (Å²) in [5, 5.41) is 17.8. The predicted molar refractivity (Wildman–Crippen MR) is 110 cm³/mol. The molecule has 2 aromatic rings. The number of rotatable bonds is 7. The number of amides is 1. The zero-order chi connectivity index (χ0) is 20.3. The SMILES string of the molecule is CCN(CC)CCN1C(=O)C[NH+]([O-])C(c2ccccc2)c2c(C)nn(CC)c21. The Hall–Kier alpha value is -2.22. The Morgan fingerprint density at radius 3 is 2.50 bits per heavy atom. The molecular formula is C21H31N5O2. The third-order valence-corrected chi connectivity index (χ3v) is 5.61. The molecule has 28 heavy (non-hydrogen) atoms. The molecule has 7 nitrogen and oxygen atoms in total. The minimum absolute atomic E-state index is 0.0541. The van der Waals surface area contributed by atoms with Crippen molar-refractivity contribution in [3.05, 3.63) is 52.4 Å². The first-order valence-electron chi connectivity index (χ1n) is 10.2. The van der Waals surface area contributed by atoms with E-state index in [2.05, 4.69) is 23.8 Å². The maximum Gasteiger partial charge on any atom is 0.283 e. The highest BCUT2D eigenvalue weighted by Gasteiger charge is 2.38. The van der Waals surface area contributed by atoms with Gasteiger partial charge in [-0.25, -0.2) is 4.68 Å². The summed E-state index contributed by atoms with van der Waals surface area (Å²) < 4.78 is 1.87. The van der Waals surface area contributed by atoms with Crippen LogP contribution in [0.25, 0.3) is 0 Å². The number of fused-ring (bicyclic) bond motifs is 1. The molecule has 2 heterocycles. The number of quaternary nitrogens is 1. The molecule has 1 N–H and O–H groups in total. The summed E-state index contributed by atoms with van der Waals surface area (Å²) >= 11 is 0. The van der Waals surface area contributed by atoms with Crippen LogP contribution in [-0.4, -0.2) is 53.3 Å². The van der Waals surface area contributed by atoms with Crippen LogP contribution in [0, 0.1) is 12.1 Å². The quantitative estimate of drug-likeness (QED) is 0.731. The lowest BCUT2D eigenvalue weighted by molar-refractivity contribution is -0.866. The number of hydroxylamine groups is 2. The lowest BCUT2D eigenvalue weighted by Crippen LogP contribution is -3.08. The van der Waals surface area contributed by atoms with E-state index >= 15 is 0 Å². The van der Waals surface area contributed by atoms with Crippen LogP contribution >= 0.6 is 0 Å². The summed E-state index contributed by atoms with van der Waals surface area (Å²) in [4.78, 5) is 17.2. The van der Waals surface area contributed by atoms with Gasteiger partial charge in [-0.2, -0.15) is 5.10 Å². The smallest absolute Gasteiger partial charge is 0.283 e.